The van der Waals surface area contributed by atoms with Crippen LogP contribution in [0.2, 0.25) is 0 Å². The van der Waals surface area contributed by atoms with E-state index in [0.29, 0.717) is 22.5 Å². The van der Waals surface area contributed by atoms with E-state index in [-0.39, 0.29) is 10.8 Å². The van der Waals surface area contributed by atoms with E-state index in [1.807, 2.05) is 51.1 Å². The van der Waals surface area contributed by atoms with E-state index in [4.69, 9.17) is 0 Å². The Bertz CT molecular complexity index is 1170. The number of benzene rings is 3. The Balaban J connectivity index is 1.88. The molecule has 0 saturated heterocycles. The van der Waals surface area contributed by atoms with Crippen LogP contribution in [0.15, 0.2) is 65.6 Å². The molecule has 2 N–H and O–H groups in total. The lowest BCUT2D eigenvalue weighted by Crippen LogP contribution is -2.17. The van der Waals surface area contributed by atoms with Crippen molar-refractivity contribution in [2.24, 2.45) is 0 Å². The zero-order valence-electron chi connectivity index (χ0n) is 16.9. The predicted molar refractivity (Wildman–Crippen MR) is 117 cm³/mol. The minimum absolute atomic E-state index is 0.0365. The third kappa shape index (κ3) is 4.84. The van der Waals surface area contributed by atoms with Crippen molar-refractivity contribution >= 4 is 27.3 Å². The van der Waals surface area contributed by atoms with Crippen molar-refractivity contribution in [3.8, 4) is 0 Å². The summed E-state index contributed by atoms with van der Waals surface area (Å²) in [6.45, 7) is 7.61. The quantitative estimate of drug-likeness (QED) is 0.626. The van der Waals surface area contributed by atoms with Gasteiger partial charge in [0, 0.05) is 16.9 Å². The van der Waals surface area contributed by atoms with Gasteiger partial charge in [0.2, 0.25) is 0 Å². The molecule has 0 aliphatic carbocycles. The van der Waals surface area contributed by atoms with Crippen LogP contribution in [0.25, 0.3) is 0 Å². The summed E-state index contributed by atoms with van der Waals surface area (Å²) in [4.78, 5) is 12.9. The molecule has 150 valence electrons. The van der Waals surface area contributed by atoms with Gasteiger partial charge >= 0.3 is 0 Å². The number of carbonyl (C=O) groups excluding carboxylic acids is 1. The Morgan fingerprint density at radius 3 is 2.07 bits per heavy atom. The van der Waals surface area contributed by atoms with E-state index < -0.39 is 10.0 Å². The monoisotopic (exact) mass is 408 g/mol. The molecule has 0 saturated carbocycles. The molecule has 0 spiro atoms. The summed E-state index contributed by atoms with van der Waals surface area (Å²) in [5, 5.41) is 2.87. The molecule has 0 unspecified atom stereocenters. The first-order valence-electron chi connectivity index (χ1n) is 9.24. The summed E-state index contributed by atoms with van der Waals surface area (Å²) in [7, 11) is -3.82. The average Bonchev–Trinajstić information content (AvgIpc) is 2.66. The number of carbonyl (C=O) groups is 1. The van der Waals surface area contributed by atoms with Crippen LogP contribution in [-0.2, 0) is 10.0 Å². The first-order valence-corrected chi connectivity index (χ1v) is 10.7. The van der Waals surface area contributed by atoms with Gasteiger partial charge in [0.25, 0.3) is 15.9 Å². The Morgan fingerprint density at radius 2 is 1.41 bits per heavy atom. The average molecular weight is 409 g/mol. The van der Waals surface area contributed by atoms with Gasteiger partial charge < -0.3 is 5.32 Å². The van der Waals surface area contributed by atoms with Crippen LogP contribution < -0.4 is 10.0 Å². The first kappa shape index (κ1) is 20.6. The highest BCUT2D eigenvalue weighted by Gasteiger charge is 2.19. The second kappa shape index (κ2) is 8.09. The number of amides is 1. The Morgan fingerprint density at radius 1 is 0.759 bits per heavy atom. The van der Waals surface area contributed by atoms with E-state index in [1.165, 1.54) is 12.1 Å². The van der Waals surface area contributed by atoms with E-state index in [0.717, 1.165) is 16.7 Å². The SMILES string of the molecule is Cc1ccc(NS(=O)(=O)c2ccc(C)c(C(=O)Nc3ccc(C)cc3C)c2)cc1. The molecule has 3 rings (SSSR count). The summed E-state index contributed by atoms with van der Waals surface area (Å²) in [5.74, 6) is -0.346. The lowest BCUT2D eigenvalue weighted by Gasteiger charge is -2.13. The van der Waals surface area contributed by atoms with Crippen LogP contribution >= 0.6 is 0 Å². The highest BCUT2D eigenvalue weighted by Crippen LogP contribution is 2.22. The van der Waals surface area contributed by atoms with Crippen LogP contribution in [0.5, 0.6) is 0 Å². The van der Waals surface area contributed by atoms with Crippen LogP contribution in [0.1, 0.15) is 32.6 Å². The lowest BCUT2D eigenvalue weighted by molar-refractivity contribution is 0.102. The number of sulfonamides is 1. The highest BCUT2D eigenvalue weighted by molar-refractivity contribution is 7.92. The molecule has 6 heteroatoms. The number of hydrogen-bond donors (Lipinski definition) is 2. The number of aryl methyl sites for hydroxylation is 4. The molecule has 3 aromatic rings. The van der Waals surface area contributed by atoms with Crippen LogP contribution in [0, 0.1) is 27.7 Å². The van der Waals surface area contributed by atoms with E-state index in [2.05, 4.69) is 10.0 Å². The van der Waals surface area contributed by atoms with Crippen molar-refractivity contribution in [3.63, 3.8) is 0 Å². The number of nitrogens with one attached hydrogen (secondary N) is 2. The molecule has 0 bridgehead atoms. The molecule has 0 radical (unpaired) electrons. The normalized spacial score (nSPS) is 11.2. The smallest absolute Gasteiger partial charge is 0.261 e. The maximum absolute atomic E-state index is 12.8. The van der Waals surface area contributed by atoms with Gasteiger partial charge in [-0.25, -0.2) is 8.42 Å². The van der Waals surface area contributed by atoms with Gasteiger partial charge in [0.1, 0.15) is 0 Å². The molecule has 0 aliphatic rings. The van der Waals surface area contributed by atoms with Crippen LogP contribution in [0.3, 0.4) is 0 Å². The third-order valence-corrected chi connectivity index (χ3v) is 6.08. The van der Waals surface area contributed by atoms with Crippen molar-refractivity contribution in [3.05, 3.63) is 88.5 Å². The summed E-state index contributed by atoms with van der Waals surface area (Å²) < 4.78 is 28.1. The van der Waals surface area contributed by atoms with Crippen molar-refractivity contribution in [2.75, 3.05) is 10.0 Å². The minimum atomic E-state index is -3.82. The maximum Gasteiger partial charge on any atom is 0.261 e. The molecule has 29 heavy (non-hydrogen) atoms. The summed E-state index contributed by atoms with van der Waals surface area (Å²) >= 11 is 0. The van der Waals surface area contributed by atoms with E-state index in [1.54, 1.807) is 25.1 Å². The molecule has 0 aliphatic heterocycles. The molecular formula is C23H24N2O3S. The zero-order valence-corrected chi connectivity index (χ0v) is 17.7. The summed E-state index contributed by atoms with van der Waals surface area (Å²) in [6, 6.07) is 17.4. The van der Waals surface area contributed by atoms with Crippen molar-refractivity contribution in [1.29, 1.82) is 0 Å². The summed E-state index contributed by atoms with van der Waals surface area (Å²) in [5.41, 5.74) is 5.27. The van der Waals surface area contributed by atoms with Crippen LogP contribution in [-0.4, -0.2) is 14.3 Å². The van der Waals surface area contributed by atoms with Gasteiger partial charge in [0.15, 0.2) is 0 Å². The fourth-order valence-electron chi connectivity index (χ4n) is 2.99. The van der Waals surface area contributed by atoms with Gasteiger partial charge in [-0.3, -0.25) is 9.52 Å². The number of rotatable bonds is 5. The van der Waals surface area contributed by atoms with Crippen molar-refractivity contribution < 1.29 is 13.2 Å². The largest absolute Gasteiger partial charge is 0.322 e. The predicted octanol–water partition coefficient (Wildman–Crippen LogP) is 4.97. The molecule has 0 aromatic heterocycles. The number of anilines is 2. The molecular weight excluding hydrogens is 384 g/mol. The fourth-order valence-corrected chi connectivity index (χ4v) is 4.08. The molecule has 0 heterocycles. The minimum Gasteiger partial charge on any atom is -0.322 e. The zero-order chi connectivity index (χ0) is 21.2. The van der Waals surface area contributed by atoms with E-state index in [9.17, 15) is 13.2 Å². The van der Waals surface area contributed by atoms with Gasteiger partial charge in [-0.15, -0.1) is 0 Å². The van der Waals surface area contributed by atoms with Gasteiger partial charge in [-0.2, -0.15) is 0 Å². The lowest BCUT2D eigenvalue weighted by atomic mass is 10.1. The second-order valence-corrected chi connectivity index (χ2v) is 8.90. The third-order valence-electron chi connectivity index (χ3n) is 4.70. The van der Waals surface area contributed by atoms with Gasteiger partial charge in [-0.1, -0.05) is 41.5 Å². The Hall–Kier alpha value is -3.12. The molecule has 1 amide bonds. The van der Waals surface area contributed by atoms with Gasteiger partial charge in [-0.05, 0) is 69.2 Å². The van der Waals surface area contributed by atoms with E-state index >= 15 is 0 Å². The Kier molecular flexibility index (Phi) is 5.75. The second-order valence-electron chi connectivity index (χ2n) is 7.22. The molecule has 3 aromatic carbocycles. The summed E-state index contributed by atoms with van der Waals surface area (Å²) in [6.07, 6.45) is 0. The fraction of sp³-hybridized carbons (Fsp3) is 0.174. The Labute approximate surface area is 171 Å². The topological polar surface area (TPSA) is 75.3 Å². The molecule has 0 fully saturated rings. The first-order chi connectivity index (χ1) is 13.7. The maximum atomic E-state index is 12.8. The number of hydrogen-bond acceptors (Lipinski definition) is 3. The van der Waals surface area contributed by atoms with Gasteiger partial charge in [0.05, 0.1) is 4.90 Å². The van der Waals surface area contributed by atoms with Crippen LogP contribution in [0.4, 0.5) is 11.4 Å². The van der Waals surface area contributed by atoms with Crippen molar-refractivity contribution in [1.82, 2.24) is 0 Å². The highest BCUT2D eigenvalue weighted by atomic mass is 32.2. The molecule has 5 nitrogen and oxygen atoms in total. The standard InChI is InChI=1S/C23H24N2O3S/c1-15-5-9-19(10-6-15)25-29(27,28)20-11-8-17(3)21(14-20)23(26)24-22-12-7-16(2)13-18(22)4/h5-14,25H,1-4H3,(H,24,26). The van der Waals surface area contributed by atoms with Crippen molar-refractivity contribution in [2.45, 2.75) is 32.6 Å². The molecule has 0 atom stereocenters.